The van der Waals surface area contributed by atoms with E-state index in [9.17, 15) is 9.59 Å². The van der Waals surface area contributed by atoms with E-state index in [1.807, 2.05) is 30.3 Å². The fourth-order valence-corrected chi connectivity index (χ4v) is 1.47. The molecule has 4 nitrogen and oxygen atoms in total. The molecule has 0 aliphatic heterocycles. The van der Waals surface area contributed by atoms with Crippen LogP contribution in [0.1, 0.15) is 12.5 Å². The second-order valence-electron chi connectivity index (χ2n) is 3.85. The van der Waals surface area contributed by atoms with Crippen molar-refractivity contribution in [1.82, 2.24) is 5.32 Å². The maximum absolute atomic E-state index is 11.9. The predicted octanol–water partition coefficient (Wildman–Crippen LogP) is 1.42. The number of benzene rings is 1. The molecule has 0 saturated heterocycles. The van der Waals surface area contributed by atoms with Gasteiger partial charge in [0.25, 0.3) is 0 Å². The standard InChI is InChI=1S/C14H17NO3/c1-11(16)15-13(10-18-2)14(17)9-8-12-6-4-3-5-7-12/h3-9,13H,10H2,1-2H3,(H,15,16). The molecule has 0 aliphatic rings. The summed E-state index contributed by atoms with van der Waals surface area (Å²) in [6, 6.07) is 8.85. The Bertz CT molecular complexity index is 426. The minimum atomic E-state index is -0.632. The normalized spacial score (nSPS) is 12.3. The van der Waals surface area contributed by atoms with Gasteiger partial charge in [0.15, 0.2) is 5.78 Å². The number of hydrogen-bond acceptors (Lipinski definition) is 3. The molecule has 0 bridgehead atoms. The van der Waals surface area contributed by atoms with Crippen LogP contribution in [0.3, 0.4) is 0 Å². The molecule has 1 aromatic rings. The van der Waals surface area contributed by atoms with Crippen LogP contribution in [0, 0.1) is 0 Å². The molecule has 1 amide bonds. The second-order valence-corrected chi connectivity index (χ2v) is 3.85. The number of amides is 1. The molecule has 4 heteroatoms. The van der Waals surface area contributed by atoms with Gasteiger partial charge in [0, 0.05) is 14.0 Å². The van der Waals surface area contributed by atoms with Crippen LogP contribution in [0.25, 0.3) is 6.08 Å². The number of ether oxygens (including phenoxy) is 1. The lowest BCUT2D eigenvalue weighted by Gasteiger charge is -2.13. The van der Waals surface area contributed by atoms with Crippen LogP contribution in [0.4, 0.5) is 0 Å². The van der Waals surface area contributed by atoms with Crippen LogP contribution in [0.15, 0.2) is 36.4 Å². The average molecular weight is 247 g/mol. The molecule has 0 fully saturated rings. The summed E-state index contributed by atoms with van der Waals surface area (Å²) in [5.41, 5.74) is 0.935. The number of ketones is 1. The lowest BCUT2D eigenvalue weighted by molar-refractivity contribution is -0.125. The fourth-order valence-electron chi connectivity index (χ4n) is 1.47. The third-order valence-corrected chi connectivity index (χ3v) is 2.29. The first-order valence-electron chi connectivity index (χ1n) is 5.66. The van der Waals surface area contributed by atoms with Crippen molar-refractivity contribution >= 4 is 17.8 Å². The van der Waals surface area contributed by atoms with Crippen LogP contribution < -0.4 is 5.32 Å². The van der Waals surface area contributed by atoms with Gasteiger partial charge in [0.2, 0.25) is 5.91 Å². The molecule has 1 atom stereocenters. The summed E-state index contributed by atoms with van der Waals surface area (Å²) in [6.07, 6.45) is 3.17. The van der Waals surface area contributed by atoms with Gasteiger partial charge in [-0.2, -0.15) is 0 Å². The zero-order valence-electron chi connectivity index (χ0n) is 10.6. The van der Waals surface area contributed by atoms with Crippen molar-refractivity contribution < 1.29 is 14.3 Å². The summed E-state index contributed by atoms with van der Waals surface area (Å²) in [7, 11) is 1.49. The monoisotopic (exact) mass is 247 g/mol. The molecule has 1 aromatic carbocycles. The Kier molecular flexibility index (Phi) is 5.80. The van der Waals surface area contributed by atoms with Crippen LogP contribution in [-0.2, 0) is 14.3 Å². The molecular formula is C14H17NO3. The molecule has 1 rings (SSSR count). The Balaban J connectivity index is 2.66. The van der Waals surface area contributed by atoms with Gasteiger partial charge >= 0.3 is 0 Å². The Morgan fingerprint density at radius 1 is 1.33 bits per heavy atom. The molecule has 1 unspecified atom stereocenters. The van der Waals surface area contributed by atoms with Crippen molar-refractivity contribution in [3.63, 3.8) is 0 Å². The van der Waals surface area contributed by atoms with E-state index < -0.39 is 6.04 Å². The van der Waals surface area contributed by atoms with Gasteiger partial charge in [-0.1, -0.05) is 36.4 Å². The van der Waals surface area contributed by atoms with E-state index in [-0.39, 0.29) is 18.3 Å². The molecule has 18 heavy (non-hydrogen) atoms. The molecule has 0 spiro atoms. The number of nitrogens with one attached hydrogen (secondary N) is 1. The summed E-state index contributed by atoms with van der Waals surface area (Å²) >= 11 is 0. The topological polar surface area (TPSA) is 55.4 Å². The molecule has 0 aromatic heterocycles. The summed E-state index contributed by atoms with van der Waals surface area (Å²) in [6.45, 7) is 1.54. The highest BCUT2D eigenvalue weighted by Gasteiger charge is 2.16. The zero-order valence-corrected chi connectivity index (χ0v) is 10.6. The van der Waals surface area contributed by atoms with Crippen molar-refractivity contribution in [2.24, 2.45) is 0 Å². The SMILES string of the molecule is COCC(NC(C)=O)C(=O)C=Cc1ccccc1. The summed E-state index contributed by atoms with van der Waals surface area (Å²) < 4.78 is 4.91. The first-order chi connectivity index (χ1) is 8.63. The maximum atomic E-state index is 11.9. The fraction of sp³-hybridized carbons (Fsp3) is 0.286. The smallest absolute Gasteiger partial charge is 0.217 e. The molecule has 96 valence electrons. The Labute approximate surface area is 107 Å². The molecule has 0 radical (unpaired) electrons. The average Bonchev–Trinajstić information content (AvgIpc) is 2.36. The number of carbonyl (C=O) groups excluding carboxylic acids is 2. The first kappa shape index (κ1) is 14.1. The highest BCUT2D eigenvalue weighted by atomic mass is 16.5. The second kappa shape index (κ2) is 7.40. The number of rotatable bonds is 6. The minimum Gasteiger partial charge on any atom is -0.382 e. The van der Waals surface area contributed by atoms with Gasteiger partial charge in [0.05, 0.1) is 6.61 Å². The van der Waals surface area contributed by atoms with Crippen molar-refractivity contribution in [2.45, 2.75) is 13.0 Å². The van der Waals surface area contributed by atoms with Gasteiger partial charge in [0.1, 0.15) is 6.04 Å². The summed E-state index contributed by atoms with van der Waals surface area (Å²) in [5.74, 6) is -0.436. The van der Waals surface area contributed by atoms with Gasteiger partial charge < -0.3 is 10.1 Å². The Morgan fingerprint density at radius 3 is 2.56 bits per heavy atom. The van der Waals surface area contributed by atoms with E-state index in [1.54, 1.807) is 6.08 Å². The van der Waals surface area contributed by atoms with Gasteiger partial charge in [-0.15, -0.1) is 0 Å². The van der Waals surface area contributed by atoms with Gasteiger partial charge in [-0.3, -0.25) is 9.59 Å². The van der Waals surface area contributed by atoms with E-state index in [0.717, 1.165) is 5.56 Å². The lowest BCUT2D eigenvalue weighted by atomic mass is 10.1. The van der Waals surface area contributed by atoms with Crippen LogP contribution in [0.2, 0.25) is 0 Å². The third kappa shape index (κ3) is 4.93. The largest absolute Gasteiger partial charge is 0.382 e. The summed E-state index contributed by atoms with van der Waals surface area (Å²) in [4.78, 5) is 22.8. The highest BCUT2D eigenvalue weighted by molar-refractivity contribution is 5.99. The minimum absolute atomic E-state index is 0.164. The van der Waals surface area contributed by atoms with Gasteiger partial charge in [-0.25, -0.2) is 0 Å². The van der Waals surface area contributed by atoms with E-state index in [4.69, 9.17) is 4.74 Å². The van der Waals surface area contributed by atoms with E-state index in [0.29, 0.717) is 0 Å². The Morgan fingerprint density at radius 2 is 2.00 bits per heavy atom. The van der Waals surface area contributed by atoms with Crippen molar-refractivity contribution in [2.75, 3.05) is 13.7 Å². The van der Waals surface area contributed by atoms with Crippen LogP contribution in [0.5, 0.6) is 0 Å². The molecule has 1 N–H and O–H groups in total. The van der Waals surface area contributed by atoms with Crippen LogP contribution in [-0.4, -0.2) is 31.4 Å². The Hall–Kier alpha value is -1.94. The summed E-state index contributed by atoms with van der Waals surface area (Å²) in [5, 5.41) is 2.55. The first-order valence-corrected chi connectivity index (χ1v) is 5.66. The van der Waals surface area contributed by atoms with Crippen molar-refractivity contribution in [1.29, 1.82) is 0 Å². The van der Waals surface area contributed by atoms with Gasteiger partial charge in [-0.05, 0) is 11.6 Å². The number of methoxy groups -OCH3 is 1. The van der Waals surface area contributed by atoms with E-state index in [1.165, 1.54) is 20.1 Å². The van der Waals surface area contributed by atoms with E-state index in [2.05, 4.69) is 5.32 Å². The number of hydrogen-bond donors (Lipinski definition) is 1. The molecular weight excluding hydrogens is 230 g/mol. The maximum Gasteiger partial charge on any atom is 0.217 e. The highest BCUT2D eigenvalue weighted by Crippen LogP contribution is 2.02. The van der Waals surface area contributed by atoms with Crippen LogP contribution >= 0.6 is 0 Å². The zero-order chi connectivity index (χ0) is 13.4. The van der Waals surface area contributed by atoms with Crippen molar-refractivity contribution in [3.05, 3.63) is 42.0 Å². The van der Waals surface area contributed by atoms with E-state index >= 15 is 0 Å². The predicted molar refractivity (Wildman–Crippen MR) is 70.0 cm³/mol. The molecule has 0 heterocycles. The lowest BCUT2D eigenvalue weighted by Crippen LogP contribution is -2.42. The number of carbonyl (C=O) groups is 2. The van der Waals surface area contributed by atoms with Crippen molar-refractivity contribution in [3.8, 4) is 0 Å². The molecule has 0 aliphatic carbocycles. The quantitative estimate of drug-likeness (QED) is 0.773. The third-order valence-electron chi connectivity index (χ3n) is 2.29. The molecule has 0 saturated carbocycles.